The molecule has 3 N–H and O–H groups in total. The molecule has 86 valence electrons. The molecule has 1 aromatic rings. The standard InChI is InChI=1S/C9H12N4O3/c1-5-4-8(14)7-6(11-16-12-7)2-3-9(8,10)13(5)15/h14H,2-4,10H2,1H3/t8-,9-/m0/s1. The number of aryl methyl sites for hydroxylation is 1. The third kappa shape index (κ3) is 0.840. The minimum atomic E-state index is -1.48. The first kappa shape index (κ1) is 9.73. The van der Waals surface area contributed by atoms with E-state index in [2.05, 4.69) is 14.9 Å². The van der Waals surface area contributed by atoms with Gasteiger partial charge in [0.1, 0.15) is 11.4 Å². The van der Waals surface area contributed by atoms with E-state index in [0.717, 1.165) is 0 Å². The van der Waals surface area contributed by atoms with Crippen LogP contribution in [0.4, 0.5) is 0 Å². The van der Waals surface area contributed by atoms with Gasteiger partial charge in [-0.15, -0.1) is 0 Å². The smallest absolute Gasteiger partial charge is 0.259 e. The van der Waals surface area contributed by atoms with Crippen molar-refractivity contribution >= 4 is 5.71 Å². The Kier molecular flexibility index (Phi) is 1.59. The van der Waals surface area contributed by atoms with Crippen molar-refractivity contribution in [3.05, 3.63) is 16.6 Å². The molecule has 2 aliphatic rings. The van der Waals surface area contributed by atoms with E-state index in [1.54, 1.807) is 6.92 Å². The van der Waals surface area contributed by atoms with E-state index in [-0.39, 0.29) is 6.42 Å². The fraction of sp³-hybridized carbons (Fsp3) is 0.667. The predicted molar refractivity (Wildman–Crippen MR) is 52.4 cm³/mol. The van der Waals surface area contributed by atoms with Crippen LogP contribution >= 0.6 is 0 Å². The molecule has 0 bridgehead atoms. The van der Waals surface area contributed by atoms with E-state index in [1.165, 1.54) is 0 Å². The fourth-order valence-corrected chi connectivity index (χ4v) is 2.69. The van der Waals surface area contributed by atoms with Crippen LogP contribution in [-0.4, -0.2) is 31.5 Å². The lowest BCUT2D eigenvalue weighted by Crippen LogP contribution is -2.62. The first-order valence-electron chi connectivity index (χ1n) is 5.12. The van der Waals surface area contributed by atoms with E-state index in [0.29, 0.717) is 34.7 Å². The van der Waals surface area contributed by atoms with Crippen molar-refractivity contribution in [1.82, 2.24) is 10.3 Å². The molecule has 0 saturated carbocycles. The summed E-state index contributed by atoms with van der Waals surface area (Å²) in [5.41, 5.74) is 4.61. The van der Waals surface area contributed by atoms with Crippen LogP contribution in [-0.2, 0) is 12.0 Å². The van der Waals surface area contributed by atoms with E-state index in [1.807, 2.05) is 0 Å². The second kappa shape index (κ2) is 2.61. The van der Waals surface area contributed by atoms with Crippen molar-refractivity contribution in [2.75, 3.05) is 0 Å². The number of aromatic nitrogens is 2. The number of nitrogens with zero attached hydrogens (tertiary/aromatic N) is 3. The monoisotopic (exact) mass is 224 g/mol. The van der Waals surface area contributed by atoms with Gasteiger partial charge in [-0.2, -0.15) is 4.74 Å². The zero-order valence-corrected chi connectivity index (χ0v) is 8.80. The van der Waals surface area contributed by atoms with E-state index in [9.17, 15) is 10.3 Å². The summed E-state index contributed by atoms with van der Waals surface area (Å²) in [4.78, 5) is 0. The largest absolute Gasteiger partial charge is 0.622 e. The predicted octanol–water partition coefficient (Wildman–Crippen LogP) is -0.767. The molecule has 7 nitrogen and oxygen atoms in total. The highest BCUT2D eigenvalue weighted by molar-refractivity contribution is 5.80. The summed E-state index contributed by atoms with van der Waals surface area (Å²) >= 11 is 0. The van der Waals surface area contributed by atoms with Crippen molar-refractivity contribution in [3.8, 4) is 0 Å². The molecule has 0 radical (unpaired) electrons. The Morgan fingerprint density at radius 3 is 3.06 bits per heavy atom. The first-order chi connectivity index (χ1) is 7.49. The van der Waals surface area contributed by atoms with Crippen LogP contribution in [0, 0.1) is 5.21 Å². The van der Waals surface area contributed by atoms with Crippen molar-refractivity contribution in [2.45, 2.75) is 37.5 Å². The molecule has 1 aromatic heterocycles. The Morgan fingerprint density at radius 2 is 2.31 bits per heavy atom. The molecule has 0 unspecified atom stereocenters. The zero-order chi connectivity index (χ0) is 11.6. The number of hydrogen-bond donors (Lipinski definition) is 2. The Hall–Kier alpha value is -1.47. The van der Waals surface area contributed by atoms with Gasteiger partial charge < -0.3 is 10.3 Å². The van der Waals surface area contributed by atoms with Crippen LogP contribution in [0.5, 0.6) is 0 Å². The Labute approximate surface area is 91.1 Å². The van der Waals surface area contributed by atoms with Crippen LogP contribution in [0.15, 0.2) is 4.63 Å². The van der Waals surface area contributed by atoms with Gasteiger partial charge in [-0.3, -0.25) is 5.73 Å². The van der Waals surface area contributed by atoms with Gasteiger partial charge in [-0.1, -0.05) is 10.3 Å². The maximum Gasteiger partial charge on any atom is 0.259 e. The van der Waals surface area contributed by atoms with Gasteiger partial charge in [-0.25, -0.2) is 4.63 Å². The van der Waals surface area contributed by atoms with Crippen LogP contribution in [0.1, 0.15) is 31.2 Å². The molecule has 2 atom stereocenters. The summed E-state index contributed by atoms with van der Waals surface area (Å²) in [5, 5.41) is 29.9. The molecular weight excluding hydrogens is 212 g/mol. The van der Waals surface area contributed by atoms with Gasteiger partial charge in [0, 0.05) is 19.8 Å². The number of hydroxylamine groups is 1. The summed E-state index contributed by atoms with van der Waals surface area (Å²) in [6.07, 6.45) is 1.00. The van der Waals surface area contributed by atoms with Gasteiger partial charge in [0.25, 0.3) is 5.66 Å². The molecule has 0 aromatic carbocycles. The second-order valence-electron chi connectivity index (χ2n) is 4.55. The molecule has 2 heterocycles. The lowest BCUT2D eigenvalue weighted by Gasteiger charge is -2.37. The Morgan fingerprint density at radius 1 is 1.56 bits per heavy atom. The highest BCUT2D eigenvalue weighted by Gasteiger charge is 2.66. The molecule has 0 spiro atoms. The van der Waals surface area contributed by atoms with Crippen LogP contribution < -0.4 is 5.73 Å². The summed E-state index contributed by atoms with van der Waals surface area (Å²) in [6.45, 7) is 1.66. The number of rotatable bonds is 0. The molecule has 16 heavy (non-hydrogen) atoms. The summed E-state index contributed by atoms with van der Waals surface area (Å²) in [7, 11) is 0. The minimum absolute atomic E-state index is 0.175. The Balaban J connectivity index is 2.22. The van der Waals surface area contributed by atoms with E-state index < -0.39 is 11.3 Å². The van der Waals surface area contributed by atoms with Gasteiger partial charge in [0.15, 0.2) is 5.71 Å². The lowest BCUT2D eigenvalue weighted by atomic mass is 9.76. The molecule has 0 amide bonds. The van der Waals surface area contributed by atoms with Crippen molar-refractivity contribution in [1.29, 1.82) is 0 Å². The van der Waals surface area contributed by atoms with Crippen molar-refractivity contribution in [2.24, 2.45) is 5.73 Å². The quantitative estimate of drug-likeness (QED) is 0.442. The average molecular weight is 224 g/mol. The molecule has 0 fully saturated rings. The molecule has 1 aliphatic carbocycles. The second-order valence-corrected chi connectivity index (χ2v) is 4.55. The third-order valence-electron chi connectivity index (χ3n) is 3.63. The summed E-state index contributed by atoms with van der Waals surface area (Å²) in [5.74, 6) is 0. The topological polar surface area (TPSA) is 111 Å². The molecule has 7 heteroatoms. The van der Waals surface area contributed by atoms with E-state index in [4.69, 9.17) is 5.73 Å². The summed E-state index contributed by atoms with van der Waals surface area (Å²) in [6, 6.07) is 0. The number of nitrogens with two attached hydrogens (primary N) is 1. The third-order valence-corrected chi connectivity index (χ3v) is 3.63. The molecular formula is C9H12N4O3. The van der Waals surface area contributed by atoms with Crippen LogP contribution in [0.2, 0.25) is 0 Å². The Bertz CT molecular complexity index is 497. The fourth-order valence-electron chi connectivity index (χ4n) is 2.69. The maximum atomic E-state index is 11.9. The highest BCUT2D eigenvalue weighted by Crippen LogP contribution is 2.46. The van der Waals surface area contributed by atoms with Crippen LogP contribution in [0.25, 0.3) is 0 Å². The van der Waals surface area contributed by atoms with Gasteiger partial charge >= 0.3 is 0 Å². The number of hydrogen-bond acceptors (Lipinski definition) is 6. The van der Waals surface area contributed by atoms with Crippen molar-refractivity contribution < 1.29 is 14.5 Å². The SMILES string of the molecule is CC1=[N+]([O-])[C@@]2(N)CCc3nonc3[C@@]2(O)C1. The highest BCUT2D eigenvalue weighted by atomic mass is 16.6. The average Bonchev–Trinajstić information content (AvgIpc) is 2.77. The van der Waals surface area contributed by atoms with Gasteiger partial charge in [0.2, 0.25) is 5.60 Å². The van der Waals surface area contributed by atoms with E-state index >= 15 is 0 Å². The summed E-state index contributed by atoms with van der Waals surface area (Å²) < 4.78 is 5.31. The maximum absolute atomic E-state index is 11.9. The zero-order valence-electron chi connectivity index (χ0n) is 8.80. The minimum Gasteiger partial charge on any atom is -0.622 e. The lowest BCUT2D eigenvalue weighted by molar-refractivity contribution is -0.567. The van der Waals surface area contributed by atoms with Crippen LogP contribution in [0.3, 0.4) is 0 Å². The van der Waals surface area contributed by atoms with Gasteiger partial charge in [-0.05, 0) is 0 Å². The molecule has 3 rings (SSSR count). The number of aliphatic hydroxyl groups is 1. The molecule has 1 aliphatic heterocycles. The normalized spacial score (nSPS) is 37.4. The van der Waals surface area contributed by atoms with Crippen molar-refractivity contribution in [3.63, 3.8) is 0 Å². The molecule has 0 saturated heterocycles. The first-order valence-corrected chi connectivity index (χ1v) is 5.12. The number of fused-ring (bicyclic) bond motifs is 3. The van der Waals surface area contributed by atoms with Gasteiger partial charge in [0.05, 0.1) is 6.42 Å².